The van der Waals surface area contributed by atoms with Crippen LogP contribution in [0, 0.1) is 11.6 Å². The Morgan fingerprint density at radius 1 is 1.09 bits per heavy atom. The molecule has 1 N–H and O–H groups in total. The van der Waals surface area contributed by atoms with Gasteiger partial charge in [-0.15, -0.1) is 10.2 Å². The maximum absolute atomic E-state index is 13.9. The highest BCUT2D eigenvalue weighted by molar-refractivity contribution is 8.00. The van der Waals surface area contributed by atoms with Crippen molar-refractivity contribution in [1.82, 2.24) is 14.8 Å². The third kappa shape index (κ3) is 5.84. The van der Waals surface area contributed by atoms with Gasteiger partial charge in [0.05, 0.1) is 19.5 Å². The molecule has 0 saturated heterocycles. The van der Waals surface area contributed by atoms with Crippen molar-refractivity contribution >= 4 is 23.4 Å². The molecule has 0 spiro atoms. The lowest BCUT2D eigenvalue weighted by Crippen LogP contribution is -2.24. The van der Waals surface area contributed by atoms with E-state index < -0.39 is 28.5 Å². The minimum absolute atomic E-state index is 0.479. The van der Waals surface area contributed by atoms with Gasteiger partial charge in [-0.3, -0.25) is 4.79 Å². The Kier molecular flexibility index (Phi) is 8.83. The Morgan fingerprint density at radius 3 is 2.44 bits per heavy atom. The van der Waals surface area contributed by atoms with Gasteiger partial charge in [0.2, 0.25) is 5.91 Å². The number of anilines is 1. The van der Waals surface area contributed by atoms with Crippen LogP contribution in [0.4, 0.5) is 14.5 Å². The van der Waals surface area contributed by atoms with Crippen LogP contribution in [0.3, 0.4) is 0 Å². The van der Waals surface area contributed by atoms with Gasteiger partial charge in [0, 0.05) is 25.8 Å². The Labute approximate surface area is 200 Å². The molecular formula is C23H26F2N4O4S. The Balaban J connectivity index is 1.86. The number of hydrogen-bond acceptors (Lipinski definition) is 7. The van der Waals surface area contributed by atoms with Crippen molar-refractivity contribution in [2.24, 2.45) is 0 Å². The molecule has 0 radical (unpaired) electrons. The number of carbonyl (C=O) groups is 1. The molecule has 182 valence electrons. The highest BCUT2D eigenvalue weighted by atomic mass is 32.2. The first kappa shape index (κ1) is 25.4. The third-order valence-corrected chi connectivity index (χ3v) is 6.03. The van der Waals surface area contributed by atoms with E-state index in [1.807, 2.05) is 10.6 Å². The van der Waals surface area contributed by atoms with E-state index in [-0.39, 0.29) is 0 Å². The molecule has 1 atom stereocenters. The molecule has 0 bridgehead atoms. The summed E-state index contributed by atoms with van der Waals surface area (Å²) in [7, 11) is 4.72. The normalized spacial score (nSPS) is 11.8. The molecule has 2 aromatic carbocycles. The molecule has 0 aliphatic heterocycles. The standard InChI is InChI=1S/C23H26F2N4O4S/c1-14(22(30)26-20-16(24)7-5-8-17(20)25)34-23-28-27-21(29(23)11-6-12-31-2)15-9-10-18(32-3)19(13-15)33-4/h5,7-10,13-14H,6,11-12H2,1-4H3,(H,26,30). The molecule has 8 nitrogen and oxygen atoms in total. The van der Waals surface area contributed by atoms with Crippen molar-refractivity contribution in [1.29, 1.82) is 0 Å². The fourth-order valence-corrected chi connectivity index (χ4v) is 4.06. The summed E-state index contributed by atoms with van der Waals surface area (Å²) in [4.78, 5) is 12.7. The van der Waals surface area contributed by atoms with E-state index in [2.05, 4.69) is 15.5 Å². The third-order valence-electron chi connectivity index (χ3n) is 4.95. The van der Waals surface area contributed by atoms with Gasteiger partial charge in [-0.1, -0.05) is 17.8 Å². The van der Waals surface area contributed by atoms with E-state index >= 15 is 0 Å². The number of aromatic nitrogens is 3. The molecule has 0 aliphatic rings. The van der Waals surface area contributed by atoms with Crippen LogP contribution in [0.2, 0.25) is 0 Å². The number of carbonyl (C=O) groups excluding carboxylic acids is 1. The molecule has 0 saturated carbocycles. The second kappa shape index (κ2) is 11.8. The van der Waals surface area contributed by atoms with Crippen LogP contribution < -0.4 is 14.8 Å². The van der Waals surface area contributed by atoms with Crippen LogP contribution in [0.5, 0.6) is 11.5 Å². The minimum atomic E-state index is -0.843. The maximum Gasteiger partial charge on any atom is 0.237 e. The number of nitrogens with zero attached hydrogens (tertiary/aromatic N) is 3. The zero-order valence-electron chi connectivity index (χ0n) is 19.3. The summed E-state index contributed by atoms with van der Waals surface area (Å²) in [5, 5.41) is 10.7. The zero-order valence-corrected chi connectivity index (χ0v) is 20.1. The second-order valence-electron chi connectivity index (χ2n) is 7.22. The first-order chi connectivity index (χ1) is 16.4. The van der Waals surface area contributed by atoms with Gasteiger partial charge in [-0.05, 0) is 43.7 Å². The molecule has 1 unspecified atom stereocenters. The highest BCUT2D eigenvalue weighted by Gasteiger charge is 2.23. The number of ether oxygens (including phenoxy) is 3. The minimum Gasteiger partial charge on any atom is -0.493 e. The van der Waals surface area contributed by atoms with Gasteiger partial charge in [0.1, 0.15) is 17.3 Å². The molecule has 3 aromatic rings. The summed E-state index contributed by atoms with van der Waals surface area (Å²) in [5.41, 5.74) is 0.271. The zero-order chi connectivity index (χ0) is 24.7. The number of halogens is 2. The van der Waals surface area contributed by atoms with Crippen molar-refractivity contribution in [2.75, 3.05) is 33.3 Å². The number of benzene rings is 2. The summed E-state index contributed by atoms with van der Waals surface area (Å²) in [5.74, 6) is -0.550. The second-order valence-corrected chi connectivity index (χ2v) is 8.53. The topological polar surface area (TPSA) is 87.5 Å². The van der Waals surface area contributed by atoms with Gasteiger partial charge in [0.15, 0.2) is 22.5 Å². The summed E-state index contributed by atoms with van der Waals surface area (Å²) in [6.07, 6.45) is 0.684. The van der Waals surface area contributed by atoms with E-state index in [1.54, 1.807) is 40.4 Å². The molecule has 1 amide bonds. The number of para-hydroxylation sites is 1. The van der Waals surface area contributed by atoms with Crippen LogP contribution in [-0.4, -0.2) is 53.9 Å². The van der Waals surface area contributed by atoms with Gasteiger partial charge in [-0.25, -0.2) is 8.78 Å². The Morgan fingerprint density at radius 2 is 1.79 bits per heavy atom. The van der Waals surface area contributed by atoms with E-state index in [4.69, 9.17) is 14.2 Å². The molecule has 1 aromatic heterocycles. The lowest BCUT2D eigenvalue weighted by molar-refractivity contribution is -0.115. The molecule has 34 heavy (non-hydrogen) atoms. The van der Waals surface area contributed by atoms with Crippen LogP contribution in [0.15, 0.2) is 41.6 Å². The van der Waals surface area contributed by atoms with Crippen LogP contribution in [-0.2, 0) is 16.1 Å². The quantitative estimate of drug-likeness (QED) is 0.314. The largest absolute Gasteiger partial charge is 0.493 e. The maximum atomic E-state index is 13.9. The summed E-state index contributed by atoms with van der Waals surface area (Å²) in [6, 6.07) is 8.80. The van der Waals surface area contributed by atoms with Crippen LogP contribution in [0.25, 0.3) is 11.4 Å². The van der Waals surface area contributed by atoms with Gasteiger partial charge in [-0.2, -0.15) is 0 Å². The number of methoxy groups -OCH3 is 3. The van der Waals surface area contributed by atoms with Gasteiger partial charge >= 0.3 is 0 Å². The number of hydrogen-bond donors (Lipinski definition) is 1. The molecule has 0 fully saturated rings. The van der Waals surface area contributed by atoms with Gasteiger partial charge < -0.3 is 24.1 Å². The SMILES string of the molecule is COCCCn1c(SC(C)C(=O)Nc2c(F)cccc2F)nnc1-c1ccc(OC)c(OC)c1. The smallest absolute Gasteiger partial charge is 0.237 e. The Hall–Kier alpha value is -3.18. The molecular weight excluding hydrogens is 466 g/mol. The van der Waals surface area contributed by atoms with Crippen LogP contribution >= 0.6 is 11.8 Å². The fourth-order valence-electron chi connectivity index (χ4n) is 3.19. The van der Waals surface area contributed by atoms with E-state index in [1.165, 1.54) is 6.07 Å². The summed E-state index contributed by atoms with van der Waals surface area (Å²) >= 11 is 1.14. The monoisotopic (exact) mass is 492 g/mol. The number of nitrogens with one attached hydrogen (secondary N) is 1. The predicted octanol–water partition coefficient (Wildman–Crippen LogP) is 4.40. The summed E-state index contributed by atoms with van der Waals surface area (Å²) in [6.45, 7) is 2.68. The molecule has 1 heterocycles. The van der Waals surface area contributed by atoms with Crippen molar-refractivity contribution in [2.45, 2.75) is 30.3 Å². The number of rotatable bonds is 11. The van der Waals surface area contributed by atoms with Crippen molar-refractivity contribution in [3.8, 4) is 22.9 Å². The molecule has 0 aliphatic carbocycles. The summed E-state index contributed by atoms with van der Waals surface area (Å²) < 4.78 is 45.6. The van der Waals surface area contributed by atoms with E-state index in [0.29, 0.717) is 42.1 Å². The van der Waals surface area contributed by atoms with E-state index in [9.17, 15) is 13.6 Å². The Bertz CT molecular complexity index is 1120. The highest BCUT2D eigenvalue weighted by Crippen LogP contribution is 2.34. The van der Waals surface area contributed by atoms with Gasteiger partial charge in [0.25, 0.3) is 0 Å². The van der Waals surface area contributed by atoms with Crippen molar-refractivity contribution in [3.63, 3.8) is 0 Å². The van der Waals surface area contributed by atoms with Crippen molar-refractivity contribution in [3.05, 3.63) is 48.0 Å². The first-order valence-electron chi connectivity index (χ1n) is 10.5. The first-order valence-corrected chi connectivity index (χ1v) is 11.3. The average molecular weight is 493 g/mol. The van der Waals surface area contributed by atoms with E-state index in [0.717, 1.165) is 29.5 Å². The van der Waals surface area contributed by atoms with Crippen LogP contribution in [0.1, 0.15) is 13.3 Å². The number of amides is 1. The lowest BCUT2D eigenvalue weighted by atomic mass is 10.2. The molecule has 3 rings (SSSR count). The molecule has 11 heteroatoms. The number of thioether (sulfide) groups is 1. The van der Waals surface area contributed by atoms with Crippen molar-refractivity contribution < 1.29 is 27.8 Å². The average Bonchev–Trinajstić information content (AvgIpc) is 3.23. The fraction of sp³-hybridized carbons (Fsp3) is 0.348. The predicted molar refractivity (Wildman–Crippen MR) is 125 cm³/mol. The lowest BCUT2D eigenvalue weighted by Gasteiger charge is -2.15.